The maximum atomic E-state index is 11.5. The van der Waals surface area contributed by atoms with Gasteiger partial charge in [-0.2, -0.15) is 0 Å². The summed E-state index contributed by atoms with van der Waals surface area (Å²) in [7, 11) is 0. The summed E-state index contributed by atoms with van der Waals surface area (Å²) in [5.41, 5.74) is 2.58. The molecule has 0 unspecified atom stereocenters. The number of aromatic nitrogens is 2. The summed E-state index contributed by atoms with van der Waals surface area (Å²) in [5.74, 6) is -0.106. The van der Waals surface area contributed by atoms with E-state index in [4.69, 9.17) is 11.6 Å². The first-order valence-corrected chi connectivity index (χ1v) is 5.98. The summed E-state index contributed by atoms with van der Waals surface area (Å²) >= 11 is 5.89. The van der Waals surface area contributed by atoms with Crippen molar-refractivity contribution in [1.82, 2.24) is 14.7 Å². The van der Waals surface area contributed by atoms with Gasteiger partial charge in [0, 0.05) is 18.5 Å². The van der Waals surface area contributed by atoms with Gasteiger partial charge in [0.2, 0.25) is 5.91 Å². The Hall–Kier alpha value is -1.81. The van der Waals surface area contributed by atoms with Crippen LogP contribution in [0.25, 0.3) is 5.65 Å². The van der Waals surface area contributed by atoms with Crippen LogP contribution < -0.4 is 5.32 Å². The molecule has 0 aliphatic rings. The number of nitrogens with one attached hydrogen (secondary N) is 1. The van der Waals surface area contributed by atoms with Crippen LogP contribution in [-0.4, -0.2) is 15.3 Å². The van der Waals surface area contributed by atoms with E-state index in [2.05, 4.69) is 10.3 Å². The number of amides is 1. The molecule has 94 valence electrons. The van der Waals surface area contributed by atoms with Crippen molar-refractivity contribution in [2.24, 2.45) is 0 Å². The molecule has 4 nitrogen and oxygen atoms in total. The molecule has 0 radical (unpaired) electrons. The third-order valence-corrected chi connectivity index (χ3v) is 2.55. The van der Waals surface area contributed by atoms with Crippen LogP contribution in [0.3, 0.4) is 0 Å². The predicted molar refractivity (Wildman–Crippen MR) is 71.5 cm³/mol. The number of allylic oxidation sites excluding steroid dienone is 1. The van der Waals surface area contributed by atoms with Crippen molar-refractivity contribution in [3.8, 4) is 0 Å². The van der Waals surface area contributed by atoms with Crippen LogP contribution >= 0.6 is 11.6 Å². The number of fused-ring (bicyclic) bond motifs is 1. The number of carbonyl (C=O) groups is 1. The van der Waals surface area contributed by atoms with Crippen molar-refractivity contribution in [2.75, 3.05) is 0 Å². The molecule has 0 fully saturated rings. The van der Waals surface area contributed by atoms with Gasteiger partial charge < -0.3 is 9.72 Å². The van der Waals surface area contributed by atoms with E-state index in [9.17, 15) is 4.79 Å². The van der Waals surface area contributed by atoms with Crippen LogP contribution in [0, 0.1) is 0 Å². The Morgan fingerprint density at radius 3 is 2.94 bits per heavy atom. The van der Waals surface area contributed by atoms with Gasteiger partial charge in [-0.05, 0) is 26.0 Å². The summed E-state index contributed by atoms with van der Waals surface area (Å²) in [4.78, 5) is 15.8. The molecular formula is C13H14ClN3O. The average molecular weight is 264 g/mol. The number of pyridine rings is 1. The van der Waals surface area contributed by atoms with Crippen LogP contribution in [0.5, 0.6) is 0 Å². The highest BCUT2D eigenvalue weighted by molar-refractivity contribution is 6.30. The fourth-order valence-electron chi connectivity index (χ4n) is 1.59. The molecule has 0 spiro atoms. The first-order valence-electron chi connectivity index (χ1n) is 5.60. The second kappa shape index (κ2) is 5.23. The number of hydrogen-bond donors (Lipinski definition) is 1. The summed E-state index contributed by atoms with van der Waals surface area (Å²) in [6.45, 7) is 4.17. The Morgan fingerprint density at radius 1 is 1.44 bits per heavy atom. The van der Waals surface area contributed by atoms with Gasteiger partial charge in [0.25, 0.3) is 0 Å². The van der Waals surface area contributed by atoms with Gasteiger partial charge in [-0.25, -0.2) is 4.98 Å². The smallest absolute Gasteiger partial charge is 0.244 e. The zero-order chi connectivity index (χ0) is 13.1. The Labute approximate surface area is 110 Å². The van der Waals surface area contributed by atoms with Crippen molar-refractivity contribution < 1.29 is 4.79 Å². The fourth-order valence-corrected chi connectivity index (χ4v) is 1.76. The minimum atomic E-state index is -0.106. The maximum absolute atomic E-state index is 11.5. The Kier molecular flexibility index (Phi) is 3.67. The first-order chi connectivity index (χ1) is 8.54. The molecule has 0 saturated heterocycles. The van der Waals surface area contributed by atoms with Crippen molar-refractivity contribution in [2.45, 2.75) is 20.4 Å². The van der Waals surface area contributed by atoms with Gasteiger partial charge >= 0.3 is 0 Å². The number of rotatable bonds is 3. The minimum absolute atomic E-state index is 0.106. The molecule has 0 bridgehead atoms. The molecule has 2 rings (SSSR count). The SMILES string of the molecule is CC(C)=CC(=O)NCc1cn2cc(Cl)ccc2n1. The molecule has 2 heterocycles. The number of hydrogen-bond acceptors (Lipinski definition) is 2. The molecule has 0 saturated carbocycles. The molecule has 2 aromatic heterocycles. The van der Waals surface area contributed by atoms with E-state index in [1.54, 1.807) is 18.3 Å². The quantitative estimate of drug-likeness (QED) is 0.865. The summed E-state index contributed by atoms with van der Waals surface area (Å²) in [5, 5.41) is 3.43. The summed E-state index contributed by atoms with van der Waals surface area (Å²) < 4.78 is 1.84. The van der Waals surface area contributed by atoms with E-state index in [0.717, 1.165) is 16.9 Å². The molecule has 1 N–H and O–H groups in total. The third kappa shape index (κ3) is 3.11. The van der Waals surface area contributed by atoms with Gasteiger partial charge in [0.1, 0.15) is 5.65 Å². The molecule has 5 heteroatoms. The average Bonchev–Trinajstić information content (AvgIpc) is 2.67. The molecule has 2 aromatic rings. The van der Waals surface area contributed by atoms with Gasteiger partial charge in [-0.15, -0.1) is 0 Å². The van der Waals surface area contributed by atoms with Crippen molar-refractivity contribution >= 4 is 23.2 Å². The van der Waals surface area contributed by atoms with E-state index in [1.165, 1.54) is 0 Å². The fraction of sp³-hybridized carbons (Fsp3) is 0.231. The van der Waals surface area contributed by atoms with Gasteiger partial charge in [0.05, 0.1) is 17.3 Å². The molecular weight excluding hydrogens is 250 g/mol. The lowest BCUT2D eigenvalue weighted by atomic mass is 10.3. The standard InChI is InChI=1S/C13H14ClN3O/c1-9(2)5-13(18)15-6-11-8-17-7-10(14)3-4-12(17)16-11/h3-5,7-8H,6H2,1-2H3,(H,15,18). The monoisotopic (exact) mass is 263 g/mol. The second-order valence-corrected chi connectivity index (χ2v) is 4.72. The van der Waals surface area contributed by atoms with Crippen LogP contribution in [0.4, 0.5) is 0 Å². The van der Waals surface area contributed by atoms with E-state index in [0.29, 0.717) is 11.6 Å². The topological polar surface area (TPSA) is 46.4 Å². The molecule has 0 aromatic carbocycles. The predicted octanol–water partition coefficient (Wildman–Crippen LogP) is 2.57. The van der Waals surface area contributed by atoms with E-state index < -0.39 is 0 Å². The number of imidazole rings is 1. The van der Waals surface area contributed by atoms with Crippen molar-refractivity contribution in [3.05, 3.63) is 46.9 Å². The minimum Gasteiger partial charge on any atom is -0.347 e. The molecule has 18 heavy (non-hydrogen) atoms. The summed E-state index contributed by atoms with van der Waals surface area (Å²) in [6.07, 6.45) is 5.20. The van der Waals surface area contributed by atoms with Gasteiger partial charge in [-0.3, -0.25) is 4.79 Å². The van der Waals surface area contributed by atoms with Crippen LogP contribution in [0.1, 0.15) is 19.5 Å². The van der Waals surface area contributed by atoms with Crippen LogP contribution in [0.2, 0.25) is 5.02 Å². The zero-order valence-corrected chi connectivity index (χ0v) is 11.0. The largest absolute Gasteiger partial charge is 0.347 e. The number of nitrogens with zero attached hydrogens (tertiary/aromatic N) is 2. The molecule has 1 amide bonds. The van der Waals surface area contributed by atoms with Gasteiger partial charge in [-0.1, -0.05) is 17.2 Å². The highest BCUT2D eigenvalue weighted by Gasteiger charge is 2.03. The van der Waals surface area contributed by atoms with E-state index in [-0.39, 0.29) is 5.91 Å². The Bertz CT molecular complexity index is 612. The molecule has 0 aliphatic heterocycles. The van der Waals surface area contributed by atoms with Gasteiger partial charge in [0.15, 0.2) is 0 Å². The van der Waals surface area contributed by atoms with Crippen LogP contribution in [0.15, 0.2) is 36.2 Å². The first kappa shape index (κ1) is 12.6. The summed E-state index contributed by atoms with van der Waals surface area (Å²) in [6, 6.07) is 3.62. The van der Waals surface area contributed by atoms with Crippen LogP contribution in [-0.2, 0) is 11.3 Å². The van der Waals surface area contributed by atoms with E-state index >= 15 is 0 Å². The number of halogens is 1. The third-order valence-electron chi connectivity index (χ3n) is 2.33. The van der Waals surface area contributed by atoms with Crippen molar-refractivity contribution in [3.63, 3.8) is 0 Å². The lowest BCUT2D eigenvalue weighted by Gasteiger charge is -1.98. The molecule has 0 atom stereocenters. The van der Waals surface area contributed by atoms with E-state index in [1.807, 2.05) is 30.5 Å². The normalized spacial score (nSPS) is 10.4. The highest BCUT2D eigenvalue weighted by Crippen LogP contribution is 2.11. The lowest BCUT2D eigenvalue weighted by Crippen LogP contribution is -2.20. The number of carbonyl (C=O) groups excluding carboxylic acids is 1. The maximum Gasteiger partial charge on any atom is 0.244 e. The Balaban J connectivity index is 2.08. The second-order valence-electron chi connectivity index (χ2n) is 4.28. The molecule has 0 aliphatic carbocycles. The lowest BCUT2D eigenvalue weighted by molar-refractivity contribution is -0.116. The highest BCUT2D eigenvalue weighted by atomic mass is 35.5. The Morgan fingerprint density at radius 2 is 2.22 bits per heavy atom. The zero-order valence-electron chi connectivity index (χ0n) is 10.3. The van der Waals surface area contributed by atoms with Crippen molar-refractivity contribution in [1.29, 1.82) is 0 Å².